The normalized spacial score (nSPS) is 11.2. The zero-order chi connectivity index (χ0) is 19.8. The second kappa shape index (κ2) is 6.87. The van der Waals surface area contributed by atoms with Gasteiger partial charge in [0.15, 0.2) is 11.2 Å². The van der Waals surface area contributed by atoms with Gasteiger partial charge < -0.3 is 9.30 Å². The Kier molecular flexibility index (Phi) is 4.05. The average molecular weight is 383 g/mol. The number of ether oxygens (including phenoxy) is 1. The highest BCUT2D eigenvalue weighted by Crippen LogP contribution is 2.24. The minimum Gasteiger partial charge on any atom is -0.497 e. The van der Waals surface area contributed by atoms with Gasteiger partial charge in [-0.2, -0.15) is 5.10 Å². The van der Waals surface area contributed by atoms with E-state index >= 15 is 0 Å². The van der Waals surface area contributed by atoms with Crippen LogP contribution in [-0.4, -0.2) is 31.5 Å². The molecule has 0 radical (unpaired) electrons. The molecule has 29 heavy (non-hydrogen) atoms. The Balaban J connectivity index is 1.59. The average Bonchev–Trinajstić information content (AvgIpc) is 3.21. The molecule has 3 aromatic heterocycles. The molecule has 0 saturated carbocycles. The van der Waals surface area contributed by atoms with Gasteiger partial charge in [-0.3, -0.25) is 4.79 Å². The van der Waals surface area contributed by atoms with Gasteiger partial charge in [0.25, 0.3) is 5.56 Å². The van der Waals surface area contributed by atoms with Crippen LogP contribution >= 0.6 is 0 Å². The van der Waals surface area contributed by atoms with Crippen LogP contribution in [0.3, 0.4) is 0 Å². The summed E-state index contributed by atoms with van der Waals surface area (Å²) in [6.07, 6.45) is 3.52. The van der Waals surface area contributed by atoms with Crippen molar-refractivity contribution in [3.8, 4) is 16.9 Å². The maximum absolute atomic E-state index is 13.0. The fraction of sp³-hybridized carbons (Fsp3) is 0.0909. The van der Waals surface area contributed by atoms with Crippen LogP contribution in [0.4, 0.5) is 0 Å². The number of hydrogen-bond acceptors (Lipinski definition) is 5. The number of fused-ring (bicyclic) bond motifs is 3. The minimum absolute atomic E-state index is 0.204. The molecule has 2 aromatic carbocycles. The lowest BCUT2D eigenvalue weighted by atomic mass is 10.1. The Morgan fingerprint density at radius 3 is 2.52 bits per heavy atom. The highest BCUT2D eigenvalue weighted by molar-refractivity contribution is 5.82. The fourth-order valence-corrected chi connectivity index (χ4v) is 3.40. The summed E-state index contributed by atoms with van der Waals surface area (Å²) < 4.78 is 8.47. The lowest BCUT2D eigenvalue weighted by Crippen LogP contribution is -2.22. The molecule has 142 valence electrons. The summed E-state index contributed by atoms with van der Waals surface area (Å²) in [4.78, 5) is 13.0. The van der Waals surface area contributed by atoms with Crippen molar-refractivity contribution in [3.05, 3.63) is 89.0 Å². The molecule has 0 aliphatic heterocycles. The molecule has 0 aliphatic rings. The first-order valence-electron chi connectivity index (χ1n) is 9.16. The number of benzene rings is 2. The van der Waals surface area contributed by atoms with Crippen LogP contribution in [0.1, 0.15) is 5.56 Å². The molecule has 0 fully saturated rings. The summed E-state index contributed by atoms with van der Waals surface area (Å²) in [5, 5.41) is 13.0. The van der Waals surface area contributed by atoms with Crippen molar-refractivity contribution in [2.24, 2.45) is 0 Å². The van der Waals surface area contributed by atoms with E-state index in [1.165, 1.54) is 0 Å². The summed E-state index contributed by atoms with van der Waals surface area (Å²) >= 11 is 0. The van der Waals surface area contributed by atoms with Gasteiger partial charge in [0.1, 0.15) is 11.3 Å². The Hall–Kier alpha value is -4.00. The third kappa shape index (κ3) is 2.93. The predicted molar refractivity (Wildman–Crippen MR) is 110 cm³/mol. The van der Waals surface area contributed by atoms with Gasteiger partial charge in [0.05, 0.1) is 19.9 Å². The van der Waals surface area contributed by atoms with E-state index in [9.17, 15) is 4.79 Å². The highest BCUT2D eigenvalue weighted by Gasteiger charge is 2.14. The first-order valence-corrected chi connectivity index (χ1v) is 9.16. The first kappa shape index (κ1) is 17.1. The molecule has 3 heterocycles. The number of nitrogens with zero attached hydrogens (tertiary/aromatic N) is 5. The van der Waals surface area contributed by atoms with Gasteiger partial charge in [-0.05, 0) is 29.3 Å². The van der Waals surface area contributed by atoms with Crippen molar-refractivity contribution < 1.29 is 4.74 Å². The van der Waals surface area contributed by atoms with Crippen LogP contribution in [0.5, 0.6) is 5.75 Å². The van der Waals surface area contributed by atoms with E-state index in [4.69, 9.17) is 4.74 Å². The molecular weight excluding hydrogens is 366 g/mol. The molecule has 5 aromatic rings. The quantitative estimate of drug-likeness (QED) is 0.477. The predicted octanol–water partition coefficient (Wildman–Crippen LogP) is 3.16. The van der Waals surface area contributed by atoms with Gasteiger partial charge in [0, 0.05) is 11.8 Å². The van der Waals surface area contributed by atoms with Gasteiger partial charge in [-0.1, -0.05) is 42.5 Å². The van der Waals surface area contributed by atoms with Gasteiger partial charge in [-0.25, -0.2) is 4.52 Å². The summed E-state index contributed by atoms with van der Waals surface area (Å²) in [6, 6.07) is 19.3. The third-order valence-corrected chi connectivity index (χ3v) is 4.93. The Bertz CT molecular complexity index is 1370. The third-order valence-electron chi connectivity index (χ3n) is 4.93. The zero-order valence-corrected chi connectivity index (χ0v) is 15.7. The van der Waals surface area contributed by atoms with Crippen molar-refractivity contribution in [3.63, 3.8) is 0 Å². The van der Waals surface area contributed by atoms with Crippen LogP contribution in [0.15, 0.2) is 77.9 Å². The van der Waals surface area contributed by atoms with Crippen LogP contribution in [0, 0.1) is 0 Å². The summed E-state index contributed by atoms with van der Waals surface area (Å²) in [5.74, 6) is 0.778. The van der Waals surface area contributed by atoms with E-state index in [1.807, 2.05) is 60.7 Å². The Labute approximate surface area is 165 Å². The molecule has 0 saturated heterocycles. The number of aromatic nitrogens is 5. The molecular formula is C22H17N5O2. The Morgan fingerprint density at radius 1 is 0.966 bits per heavy atom. The van der Waals surface area contributed by atoms with Gasteiger partial charge in [0.2, 0.25) is 0 Å². The van der Waals surface area contributed by atoms with E-state index in [1.54, 1.807) is 28.6 Å². The van der Waals surface area contributed by atoms with E-state index in [2.05, 4.69) is 15.3 Å². The standard InChI is InChI=1S/C22H17N5O2/c1-29-17-9-7-15(8-10-17)14-26-12-11-19-20(22(26)28)24-25-21-18(13-23-27(19)21)16-5-3-2-4-6-16/h2-13H,14H2,1H3. The van der Waals surface area contributed by atoms with Crippen molar-refractivity contribution in [2.45, 2.75) is 6.54 Å². The monoisotopic (exact) mass is 383 g/mol. The van der Waals surface area contributed by atoms with Crippen LogP contribution in [0.2, 0.25) is 0 Å². The number of pyridine rings is 1. The van der Waals surface area contributed by atoms with E-state index in [0.29, 0.717) is 17.7 Å². The number of rotatable bonds is 4. The van der Waals surface area contributed by atoms with Gasteiger partial charge >= 0.3 is 0 Å². The first-order chi connectivity index (χ1) is 14.2. The molecule has 0 bridgehead atoms. The van der Waals surface area contributed by atoms with Crippen LogP contribution < -0.4 is 10.3 Å². The number of methoxy groups -OCH3 is 1. The van der Waals surface area contributed by atoms with Crippen molar-refractivity contribution in [2.75, 3.05) is 7.11 Å². The summed E-state index contributed by atoms with van der Waals surface area (Å²) in [5.41, 5.74) is 4.21. The molecule has 5 rings (SSSR count). The van der Waals surface area contributed by atoms with Crippen LogP contribution in [0.25, 0.3) is 27.8 Å². The molecule has 7 nitrogen and oxygen atoms in total. The van der Waals surface area contributed by atoms with Gasteiger partial charge in [-0.15, -0.1) is 10.2 Å². The minimum atomic E-state index is -0.204. The maximum Gasteiger partial charge on any atom is 0.280 e. The number of hydrogen-bond donors (Lipinski definition) is 0. The molecule has 0 unspecified atom stereocenters. The topological polar surface area (TPSA) is 74.3 Å². The summed E-state index contributed by atoms with van der Waals surface area (Å²) in [6.45, 7) is 0.437. The molecule has 7 heteroatoms. The SMILES string of the molecule is COc1ccc(Cn2ccc3c(nnc4c(-c5ccccc5)cnn43)c2=O)cc1. The van der Waals surface area contributed by atoms with Crippen molar-refractivity contribution >= 4 is 16.7 Å². The van der Waals surface area contributed by atoms with E-state index < -0.39 is 0 Å². The van der Waals surface area contributed by atoms with Crippen molar-refractivity contribution in [1.82, 2.24) is 24.4 Å². The van der Waals surface area contributed by atoms with E-state index in [0.717, 1.165) is 22.4 Å². The molecule has 0 amide bonds. The van der Waals surface area contributed by atoms with Crippen LogP contribution in [-0.2, 0) is 6.54 Å². The molecule has 0 atom stereocenters. The zero-order valence-electron chi connectivity index (χ0n) is 15.7. The van der Waals surface area contributed by atoms with Crippen molar-refractivity contribution in [1.29, 1.82) is 0 Å². The molecule has 0 N–H and O–H groups in total. The smallest absolute Gasteiger partial charge is 0.280 e. The molecule has 0 spiro atoms. The largest absolute Gasteiger partial charge is 0.497 e. The lowest BCUT2D eigenvalue weighted by molar-refractivity contribution is 0.414. The maximum atomic E-state index is 13.0. The Morgan fingerprint density at radius 2 is 1.76 bits per heavy atom. The molecule has 0 aliphatic carbocycles. The summed E-state index contributed by atoms with van der Waals surface area (Å²) in [7, 11) is 1.63. The fourth-order valence-electron chi connectivity index (χ4n) is 3.40. The second-order valence-corrected chi connectivity index (χ2v) is 6.69. The lowest BCUT2D eigenvalue weighted by Gasteiger charge is -2.08. The second-order valence-electron chi connectivity index (χ2n) is 6.69. The van der Waals surface area contributed by atoms with E-state index in [-0.39, 0.29) is 11.1 Å². The highest BCUT2D eigenvalue weighted by atomic mass is 16.5.